The minimum Gasteiger partial charge on any atom is -0.338 e. The van der Waals surface area contributed by atoms with Crippen LogP contribution in [0.5, 0.6) is 0 Å². The van der Waals surface area contributed by atoms with Crippen molar-refractivity contribution < 1.29 is 4.52 Å². The van der Waals surface area contributed by atoms with Gasteiger partial charge in [0.05, 0.1) is 6.54 Å². The van der Waals surface area contributed by atoms with Gasteiger partial charge < -0.3 is 4.52 Å². The van der Waals surface area contributed by atoms with Crippen molar-refractivity contribution in [3.8, 4) is 0 Å². The Labute approximate surface area is 141 Å². The van der Waals surface area contributed by atoms with Crippen LogP contribution in [0.2, 0.25) is 0 Å². The Morgan fingerprint density at radius 2 is 1.95 bits per heavy atom. The third-order valence-electron chi connectivity index (χ3n) is 3.75. The van der Waals surface area contributed by atoms with Crippen LogP contribution in [0.25, 0.3) is 0 Å². The van der Waals surface area contributed by atoms with Crippen molar-refractivity contribution >= 4 is 15.9 Å². The molecule has 0 aliphatic rings. The van der Waals surface area contributed by atoms with E-state index in [-0.39, 0.29) is 12.0 Å². The predicted octanol–water partition coefficient (Wildman–Crippen LogP) is 4.93. The van der Waals surface area contributed by atoms with E-state index in [1.165, 1.54) is 5.56 Å². The largest absolute Gasteiger partial charge is 0.338 e. The Morgan fingerprint density at radius 1 is 1.23 bits per heavy atom. The SMILES string of the molecule is CCCN(Cc1nc(C(C)C)no1)C(C)c1ccccc1Br. The molecule has 2 aromatic rings. The Hall–Kier alpha value is -1.20. The Morgan fingerprint density at radius 3 is 2.55 bits per heavy atom. The maximum atomic E-state index is 5.40. The Bertz CT molecular complexity index is 597. The first-order chi connectivity index (χ1) is 10.5. The Balaban J connectivity index is 2.16. The topological polar surface area (TPSA) is 42.2 Å². The standard InChI is InChI=1S/C17H24BrN3O/c1-5-10-21(11-16-19-17(12(2)3)20-22-16)13(4)14-8-6-7-9-15(14)18/h6-9,12-13H,5,10-11H2,1-4H3. The molecule has 4 nitrogen and oxygen atoms in total. The fourth-order valence-corrected chi connectivity index (χ4v) is 3.06. The summed E-state index contributed by atoms with van der Waals surface area (Å²) in [6.07, 6.45) is 1.08. The summed E-state index contributed by atoms with van der Waals surface area (Å²) in [4.78, 5) is 6.87. The first kappa shape index (κ1) is 17.2. The quantitative estimate of drug-likeness (QED) is 0.697. The van der Waals surface area contributed by atoms with Crippen LogP contribution in [0.1, 0.15) is 63.4 Å². The Kier molecular flexibility index (Phi) is 6.15. The van der Waals surface area contributed by atoms with Crippen molar-refractivity contribution in [1.82, 2.24) is 15.0 Å². The van der Waals surface area contributed by atoms with Crippen molar-refractivity contribution in [1.29, 1.82) is 0 Å². The second-order valence-corrected chi connectivity index (χ2v) is 6.72. The van der Waals surface area contributed by atoms with Gasteiger partial charge in [-0.25, -0.2) is 0 Å². The summed E-state index contributed by atoms with van der Waals surface area (Å²) in [6.45, 7) is 10.2. The van der Waals surface area contributed by atoms with E-state index in [0.29, 0.717) is 12.4 Å². The molecular weight excluding hydrogens is 342 g/mol. The second kappa shape index (κ2) is 7.88. The summed E-state index contributed by atoms with van der Waals surface area (Å²) < 4.78 is 6.54. The normalized spacial score (nSPS) is 13.0. The fourth-order valence-electron chi connectivity index (χ4n) is 2.45. The van der Waals surface area contributed by atoms with E-state index in [0.717, 1.165) is 23.3 Å². The number of hydrogen-bond acceptors (Lipinski definition) is 4. The summed E-state index contributed by atoms with van der Waals surface area (Å²) in [7, 11) is 0. The van der Waals surface area contributed by atoms with Gasteiger partial charge >= 0.3 is 0 Å². The number of benzene rings is 1. The van der Waals surface area contributed by atoms with Crippen LogP contribution in [0.4, 0.5) is 0 Å². The molecule has 1 aromatic carbocycles. The summed E-state index contributed by atoms with van der Waals surface area (Å²) in [5, 5.41) is 4.06. The van der Waals surface area contributed by atoms with Crippen LogP contribution in [0.3, 0.4) is 0 Å². The summed E-state index contributed by atoms with van der Waals surface area (Å²) in [6, 6.07) is 8.64. The summed E-state index contributed by atoms with van der Waals surface area (Å²) in [5.41, 5.74) is 1.28. The number of nitrogens with zero attached hydrogens (tertiary/aromatic N) is 3. The highest BCUT2D eigenvalue weighted by Gasteiger charge is 2.20. The summed E-state index contributed by atoms with van der Waals surface area (Å²) >= 11 is 3.65. The van der Waals surface area contributed by atoms with Crippen LogP contribution in [-0.2, 0) is 6.54 Å². The molecule has 0 amide bonds. The van der Waals surface area contributed by atoms with Crippen LogP contribution in [0.15, 0.2) is 33.3 Å². The molecule has 0 saturated heterocycles. The molecule has 0 radical (unpaired) electrons. The van der Waals surface area contributed by atoms with Gasteiger partial charge in [0.1, 0.15) is 0 Å². The molecule has 0 aliphatic heterocycles. The molecule has 0 bridgehead atoms. The zero-order valence-electron chi connectivity index (χ0n) is 13.7. The maximum absolute atomic E-state index is 5.40. The van der Waals surface area contributed by atoms with Crippen LogP contribution >= 0.6 is 15.9 Å². The average molecular weight is 366 g/mol. The smallest absolute Gasteiger partial charge is 0.240 e. The van der Waals surface area contributed by atoms with E-state index in [9.17, 15) is 0 Å². The van der Waals surface area contributed by atoms with Crippen molar-refractivity contribution in [3.63, 3.8) is 0 Å². The number of rotatable bonds is 7. The lowest BCUT2D eigenvalue weighted by Crippen LogP contribution is -2.28. The van der Waals surface area contributed by atoms with E-state index in [4.69, 9.17) is 4.52 Å². The van der Waals surface area contributed by atoms with Gasteiger partial charge in [-0.2, -0.15) is 4.98 Å². The molecule has 0 fully saturated rings. The molecule has 1 unspecified atom stereocenters. The lowest BCUT2D eigenvalue weighted by atomic mass is 10.1. The zero-order valence-corrected chi connectivity index (χ0v) is 15.3. The fraction of sp³-hybridized carbons (Fsp3) is 0.529. The number of aromatic nitrogens is 2. The number of hydrogen-bond donors (Lipinski definition) is 0. The van der Waals surface area contributed by atoms with Gasteiger partial charge in [0.2, 0.25) is 5.89 Å². The molecule has 0 spiro atoms. The summed E-state index contributed by atoms with van der Waals surface area (Å²) in [5.74, 6) is 1.76. The molecule has 1 heterocycles. The minimum absolute atomic E-state index is 0.282. The molecule has 1 aromatic heterocycles. The third kappa shape index (κ3) is 4.17. The lowest BCUT2D eigenvalue weighted by Gasteiger charge is -2.28. The van der Waals surface area contributed by atoms with Crippen LogP contribution in [-0.4, -0.2) is 21.6 Å². The van der Waals surface area contributed by atoms with Gasteiger partial charge in [0.25, 0.3) is 0 Å². The molecule has 0 N–H and O–H groups in total. The highest BCUT2D eigenvalue weighted by atomic mass is 79.9. The van der Waals surface area contributed by atoms with Crippen LogP contribution < -0.4 is 0 Å². The van der Waals surface area contributed by atoms with E-state index in [1.54, 1.807) is 0 Å². The van der Waals surface area contributed by atoms with Gasteiger partial charge in [-0.05, 0) is 31.5 Å². The number of halogens is 1. The third-order valence-corrected chi connectivity index (χ3v) is 4.47. The molecule has 1 atom stereocenters. The highest BCUT2D eigenvalue weighted by molar-refractivity contribution is 9.10. The van der Waals surface area contributed by atoms with Crippen molar-refractivity contribution in [2.45, 2.75) is 52.6 Å². The van der Waals surface area contributed by atoms with E-state index in [2.05, 4.69) is 76.9 Å². The first-order valence-electron chi connectivity index (χ1n) is 7.83. The van der Waals surface area contributed by atoms with Gasteiger partial charge in [-0.1, -0.05) is 60.1 Å². The first-order valence-corrected chi connectivity index (χ1v) is 8.63. The van der Waals surface area contributed by atoms with Gasteiger partial charge in [-0.15, -0.1) is 0 Å². The van der Waals surface area contributed by atoms with Gasteiger partial charge in [0.15, 0.2) is 5.82 Å². The molecule has 0 saturated carbocycles. The molecule has 5 heteroatoms. The van der Waals surface area contributed by atoms with Crippen molar-refractivity contribution in [2.75, 3.05) is 6.54 Å². The van der Waals surface area contributed by atoms with Gasteiger partial charge in [-0.3, -0.25) is 4.90 Å². The second-order valence-electron chi connectivity index (χ2n) is 5.87. The lowest BCUT2D eigenvalue weighted by molar-refractivity contribution is 0.175. The van der Waals surface area contributed by atoms with E-state index < -0.39 is 0 Å². The molecular formula is C17H24BrN3O. The maximum Gasteiger partial charge on any atom is 0.240 e. The molecule has 22 heavy (non-hydrogen) atoms. The van der Waals surface area contributed by atoms with Gasteiger partial charge in [0, 0.05) is 16.4 Å². The molecule has 0 aliphatic carbocycles. The van der Waals surface area contributed by atoms with E-state index >= 15 is 0 Å². The molecule has 2 rings (SSSR count). The van der Waals surface area contributed by atoms with Crippen molar-refractivity contribution in [3.05, 3.63) is 46.0 Å². The van der Waals surface area contributed by atoms with E-state index in [1.807, 2.05) is 6.07 Å². The van der Waals surface area contributed by atoms with Crippen molar-refractivity contribution in [2.24, 2.45) is 0 Å². The highest BCUT2D eigenvalue weighted by Crippen LogP contribution is 2.28. The molecule has 120 valence electrons. The van der Waals surface area contributed by atoms with Crippen LogP contribution in [0, 0.1) is 0 Å². The monoisotopic (exact) mass is 365 g/mol. The zero-order chi connectivity index (χ0) is 16.1. The minimum atomic E-state index is 0.282. The predicted molar refractivity (Wildman–Crippen MR) is 91.6 cm³/mol. The average Bonchev–Trinajstić information content (AvgIpc) is 2.95.